The number of carbonyl (C=O) groups excluding carboxylic acids is 1. The van der Waals surface area contributed by atoms with Crippen molar-refractivity contribution >= 4 is 17.7 Å². The van der Waals surface area contributed by atoms with Gasteiger partial charge in [-0.25, -0.2) is 0 Å². The molecule has 0 spiro atoms. The predicted octanol–water partition coefficient (Wildman–Crippen LogP) is 3.76. The molecule has 0 saturated heterocycles. The Bertz CT molecular complexity index is 697. The summed E-state index contributed by atoms with van der Waals surface area (Å²) in [4.78, 5) is 21.3. The molecule has 3 rings (SSSR count). The molecule has 2 aromatic rings. The van der Waals surface area contributed by atoms with Gasteiger partial charge >= 0.3 is 0 Å². The average molecular weight is 375 g/mol. The zero-order valence-corrected chi connectivity index (χ0v) is 16.1. The molecule has 0 aliphatic heterocycles. The maximum Gasteiger partial charge on any atom is 0.223 e. The summed E-state index contributed by atoms with van der Waals surface area (Å²) in [6.45, 7) is 1.79. The molecule has 0 bridgehead atoms. The fourth-order valence-corrected chi connectivity index (χ4v) is 4.24. The number of thioether (sulfide) groups is 1. The Morgan fingerprint density at radius 1 is 1.27 bits per heavy atom. The van der Waals surface area contributed by atoms with Gasteiger partial charge in [-0.15, -0.1) is 0 Å². The molecular formula is C19H26N4O2S. The minimum Gasteiger partial charge on any atom is -0.343 e. The smallest absolute Gasteiger partial charge is 0.223 e. The van der Waals surface area contributed by atoms with Crippen molar-refractivity contribution in [2.45, 2.75) is 63.2 Å². The summed E-state index contributed by atoms with van der Waals surface area (Å²) >= 11 is 1.73. The number of carbonyl (C=O) groups is 1. The largest absolute Gasteiger partial charge is 0.343 e. The van der Waals surface area contributed by atoms with E-state index < -0.39 is 5.54 Å². The van der Waals surface area contributed by atoms with Crippen LogP contribution in [0.2, 0.25) is 0 Å². The van der Waals surface area contributed by atoms with E-state index >= 15 is 0 Å². The third-order valence-electron chi connectivity index (χ3n) is 4.74. The van der Waals surface area contributed by atoms with Gasteiger partial charge in [0.1, 0.15) is 5.54 Å². The zero-order valence-electron chi connectivity index (χ0n) is 15.2. The van der Waals surface area contributed by atoms with Gasteiger partial charge in [-0.05, 0) is 25.0 Å². The van der Waals surface area contributed by atoms with Crippen LogP contribution in [0.5, 0.6) is 0 Å². The average Bonchev–Trinajstić information content (AvgIpc) is 2.95. The molecule has 140 valence electrons. The predicted molar refractivity (Wildman–Crippen MR) is 102 cm³/mol. The third-order valence-corrected chi connectivity index (χ3v) is 5.73. The van der Waals surface area contributed by atoms with Crippen LogP contribution in [-0.2, 0) is 16.1 Å². The van der Waals surface area contributed by atoms with Gasteiger partial charge in [0.05, 0.1) is 5.69 Å². The Hall–Kier alpha value is -1.89. The summed E-state index contributed by atoms with van der Waals surface area (Å²) < 4.78 is 5.19. The second-order valence-corrected chi connectivity index (χ2v) is 7.91. The molecule has 1 N–H and O–H groups in total. The van der Waals surface area contributed by atoms with E-state index in [4.69, 9.17) is 4.52 Å². The summed E-state index contributed by atoms with van der Waals surface area (Å²) in [6.07, 6.45) is 8.55. The van der Waals surface area contributed by atoms with Crippen molar-refractivity contribution in [3.8, 4) is 0 Å². The van der Waals surface area contributed by atoms with Crippen LogP contribution in [0.25, 0.3) is 0 Å². The minimum absolute atomic E-state index is 0.0582. The van der Waals surface area contributed by atoms with Crippen LogP contribution in [0.4, 0.5) is 0 Å². The molecule has 2 heterocycles. The van der Waals surface area contributed by atoms with Crippen LogP contribution in [0, 0.1) is 6.92 Å². The van der Waals surface area contributed by atoms with Gasteiger partial charge in [-0.3, -0.25) is 9.78 Å². The molecular weight excluding hydrogens is 348 g/mol. The molecule has 1 aliphatic rings. The number of nitrogens with zero attached hydrogens (tertiary/aromatic N) is 3. The van der Waals surface area contributed by atoms with E-state index in [-0.39, 0.29) is 5.91 Å². The first-order valence-corrected chi connectivity index (χ1v) is 10.4. The van der Waals surface area contributed by atoms with E-state index in [1.165, 1.54) is 12.8 Å². The second-order valence-electron chi connectivity index (χ2n) is 6.81. The quantitative estimate of drug-likeness (QED) is 0.587. The van der Waals surface area contributed by atoms with E-state index in [1.807, 2.05) is 18.2 Å². The van der Waals surface area contributed by atoms with Crippen molar-refractivity contribution in [3.63, 3.8) is 0 Å². The molecule has 0 aromatic carbocycles. The number of hydrogen-bond acceptors (Lipinski definition) is 6. The molecule has 0 radical (unpaired) electrons. The van der Waals surface area contributed by atoms with Crippen LogP contribution in [-0.4, -0.2) is 26.8 Å². The van der Waals surface area contributed by atoms with Crippen molar-refractivity contribution in [2.75, 3.05) is 5.75 Å². The minimum atomic E-state index is -0.475. The molecule has 2 aromatic heterocycles. The lowest BCUT2D eigenvalue weighted by Crippen LogP contribution is -2.46. The summed E-state index contributed by atoms with van der Waals surface area (Å²) in [5.74, 6) is 2.82. The maximum absolute atomic E-state index is 12.6. The number of aromatic nitrogens is 3. The topological polar surface area (TPSA) is 80.9 Å². The van der Waals surface area contributed by atoms with E-state index in [0.717, 1.165) is 42.9 Å². The Labute approximate surface area is 158 Å². The van der Waals surface area contributed by atoms with Crippen molar-refractivity contribution in [1.29, 1.82) is 0 Å². The lowest BCUT2D eigenvalue weighted by Gasteiger charge is -2.30. The number of amides is 1. The molecule has 1 amide bonds. The highest BCUT2D eigenvalue weighted by molar-refractivity contribution is 7.98. The summed E-state index contributed by atoms with van der Waals surface area (Å²) in [7, 11) is 0. The summed E-state index contributed by atoms with van der Waals surface area (Å²) in [6, 6.07) is 5.90. The number of hydrogen-bond donors (Lipinski definition) is 1. The van der Waals surface area contributed by atoms with Gasteiger partial charge in [0.15, 0.2) is 5.82 Å². The van der Waals surface area contributed by atoms with E-state index in [9.17, 15) is 4.79 Å². The molecule has 1 aliphatic carbocycles. The van der Waals surface area contributed by atoms with E-state index in [0.29, 0.717) is 18.1 Å². The van der Waals surface area contributed by atoms with Gasteiger partial charge in [0, 0.05) is 31.0 Å². The Balaban J connectivity index is 1.55. The molecule has 1 fully saturated rings. The van der Waals surface area contributed by atoms with Crippen molar-refractivity contribution in [2.24, 2.45) is 0 Å². The number of rotatable bonds is 7. The molecule has 26 heavy (non-hydrogen) atoms. The highest BCUT2D eigenvalue weighted by Gasteiger charge is 2.38. The van der Waals surface area contributed by atoms with Crippen LogP contribution in [0.1, 0.15) is 62.4 Å². The molecule has 6 nitrogen and oxygen atoms in total. The highest BCUT2D eigenvalue weighted by Crippen LogP contribution is 2.34. The fraction of sp³-hybridized carbons (Fsp3) is 0.579. The second kappa shape index (κ2) is 9.16. The van der Waals surface area contributed by atoms with Crippen LogP contribution in [0.15, 0.2) is 28.9 Å². The highest BCUT2D eigenvalue weighted by atomic mass is 32.2. The van der Waals surface area contributed by atoms with E-state index in [2.05, 4.69) is 20.4 Å². The summed E-state index contributed by atoms with van der Waals surface area (Å²) in [5.41, 5.74) is 0.567. The Kier molecular flexibility index (Phi) is 6.66. The monoisotopic (exact) mass is 374 g/mol. The van der Waals surface area contributed by atoms with Gasteiger partial charge in [-0.2, -0.15) is 16.7 Å². The number of aryl methyl sites for hydroxylation is 1. The maximum atomic E-state index is 12.6. The Morgan fingerprint density at radius 3 is 2.73 bits per heavy atom. The van der Waals surface area contributed by atoms with Crippen LogP contribution in [0.3, 0.4) is 0 Å². The lowest BCUT2D eigenvalue weighted by atomic mass is 9.89. The molecule has 0 atom stereocenters. The van der Waals surface area contributed by atoms with Crippen molar-refractivity contribution in [1.82, 2.24) is 20.4 Å². The number of nitrogens with one attached hydrogen (secondary N) is 1. The van der Waals surface area contributed by atoms with E-state index in [1.54, 1.807) is 24.9 Å². The lowest BCUT2D eigenvalue weighted by molar-refractivity contribution is -0.123. The normalized spacial score (nSPS) is 16.8. The Morgan fingerprint density at radius 2 is 2.08 bits per heavy atom. The fourth-order valence-electron chi connectivity index (χ4n) is 3.38. The zero-order chi connectivity index (χ0) is 18.2. The van der Waals surface area contributed by atoms with Crippen LogP contribution >= 0.6 is 11.8 Å². The van der Waals surface area contributed by atoms with Gasteiger partial charge in [-0.1, -0.05) is 36.9 Å². The van der Waals surface area contributed by atoms with Crippen molar-refractivity contribution < 1.29 is 9.32 Å². The number of pyridine rings is 1. The standard InChI is InChI=1S/C19H26N4O2S/c1-15-21-18(23-25-15)19(10-5-2-3-6-11-19)22-17(24)9-13-26-14-16-8-4-7-12-20-16/h4,7-8,12H,2-3,5-6,9-11,13-14H2,1H3,(H,22,24). The first kappa shape index (κ1) is 18.9. The first-order chi connectivity index (χ1) is 12.7. The SMILES string of the molecule is Cc1nc(C2(NC(=O)CCSCc3ccccn3)CCCCCC2)no1. The molecule has 1 saturated carbocycles. The van der Waals surface area contributed by atoms with Crippen molar-refractivity contribution in [3.05, 3.63) is 41.8 Å². The van der Waals surface area contributed by atoms with Gasteiger partial charge in [0.2, 0.25) is 11.8 Å². The van der Waals surface area contributed by atoms with Crippen LogP contribution < -0.4 is 5.32 Å². The summed E-state index contributed by atoms with van der Waals surface area (Å²) in [5, 5.41) is 7.38. The first-order valence-electron chi connectivity index (χ1n) is 9.27. The molecule has 0 unspecified atom stereocenters. The molecule has 7 heteroatoms. The third kappa shape index (κ3) is 5.06. The van der Waals surface area contributed by atoms with Gasteiger partial charge < -0.3 is 9.84 Å². The van der Waals surface area contributed by atoms with Gasteiger partial charge in [0.25, 0.3) is 0 Å².